The first-order valence-electron chi connectivity index (χ1n) is 8.55. The summed E-state index contributed by atoms with van der Waals surface area (Å²) < 4.78 is 5.34. The van der Waals surface area contributed by atoms with Gasteiger partial charge in [-0.2, -0.15) is 0 Å². The Kier molecular flexibility index (Phi) is 6.38. The molecule has 1 saturated heterocycles. The number of carbonyl (C=O) groups excluding carboxylic acids is 1. The van der Waals surface area contributed by atoms with Crippen LogP contribution in [0.3, 0.4) is 0 Å². The fourth-order valence-electron chi connectivity index (χ4n) is 2.66. The molecule has 0 saturated carbocycles. The van der Waals surface area contributed by atoms with Crippen LogP contribution in [0.1, 0.15) is 16.1 Å². The van der Waals surface area contributed by atoms with Gasteiger partial charge in [-0.25, -0.2) is 9.97 Å². The predicted molar refractivity (Wildman–Crippen MR) is 102 cm³/mol. The van der Waals surface area contributed by atoms with E-state index in [4.69, 9.17) is 16.3 Å². The van der Waals surface area contributed by atoms with Crippen LogP contribution in [-0.4, -0.2) is 60.2 Å². The maximum atomic E-state index is 12.5. The first-order valence-corrected chi connectivity index (χ1v) is 8.93. The summed E-state index contributed by atoms with van der Waals surface area (Å²) in [5.74, 6) is 0.329. The molecule has 1 fully saturated rings. The van der Waals surface area contributed by atoms with E-state index in [0.29, 0.717) is 22.2 Å². The Labute approximate surface area is 157 Å². The molecule has 1 aromatic heterocycles. The number of carbonyl (C=O) groups is 1. The highest BCUT2D eigenvalue weighted by Gasteiger charge is 2.12. The van der Waals surface area contributed by atoms with Crippen LogP contribution in [0.15, 0.2) is 30.6 Å². The third-order valence-electron chi connectivity index (χ3n) is 4.19. The molecule has 0 radical (unpaired) electrons. The van der Waals surface area contributed by atoms with Gasteiger partial charge >= 0.3 is 0 Å². The SMILES string of the molecule is Cc1ccc(Cl)cc1NC(=O)c1cc(NCCN2CCOCC2)ncn1. The molecule has 0 spiro atoms. The molecule has 1 amide bonds. The number of amides is 1. The van der Waals surface area contributed by atoms with Gasteiger partial charge in [-0.05, 0) is 24.6 Å². The zero-order chi connectivity index (χ0) is 18.4. The number of ether oxygens (including phenoxy) is 1. The number of nitrogens with one attached hydrogen (secondary N) is 2. The van der Waals surface area contributed by atoms with Crippen molar-refractivity contribution in [2.24, 2.45) is 0 Å². The number of hydrogen-bond donors (Lipinski definition) is 2. The summed E-state index contributed by atoms with van der Waals surface area (Å²) in [6.07, 6.45) is 1.39. The Bertz CT molecular complexity index is 765. The van der Waals surface area contributed by atoms with E-state index in [-0.39, 0.29) is 5.91 Å². The van der Waals surface area contributed by atoms with Crippen molar-refractivity contribution < 1.29 is 9.53 Å². The lowest BCUT2D eigenvalue weighted by molar-refractivity contribution is 0.0398. The molecule has 7 nitrogen and oxygen atoms in total. The maximum Gasteiger partial charge on any atom is 0.274 e. The molecule has 2 N–H and O–H groups in total. The highest BCUT2D eigenvalue weighted by atomic mass is 35.5. The van der Waals surface area contributed by atoms with Crippen LogP contribution in [0.25, 0.3) is 0 Å². The number of morpholine rings is 1. The highest BCUT2D eigenvalue weighted by Crippen LogP contribution is 2.20. The van der Waals surface area contributed by atoms with E-state index in [2.05, 4.69) is 25.5 Å². The van der Waals surface area contributed by atoms with Crippen LogP contribution >= 0.6 is 11.6 Å². The number of halogens is 1. The first-order chi connectivity index (χ1) is 12.6. The number of aryl methyl sites for hydroxylation is 1. The summed E-state index contributed by atoms with van der Waals surface area (Å²) in [4.78, 5) is 23.0. The third kappa shape index (κ3) is 5.14. The van der Waals surface area contributed by atoms with Crippen molar-refractivity contribution in [1.82, 2.24) is 14.9 Å². The summed E-state index contributed by atoms with van der Waals surface area (Å²) in [5.41, 5.74) is 1.90. The quantitative estimate of drug-likeness (QED) is 0.807. The van der Waals surface area contributed by atoms with Gasteiger partial charge in [0.2, 0.25) is 0 Å². The lowest BCUT2D eigenvalue weighted by atomic mass is 10.2. The summed E-state index contributed by atoms with van der Waals surface area (Å²) >= 11 is 5.99. The average Bonchev–Trinajstić information content (AvgIpc) is 2.66. The van der Waals surface area contributed by atoms with Gasteiger partial charge in [0.05, 0.1) is 13.2 Å². The van der Waals surface area contributed by atoms with Gasteiger partial charge in [0, 0.05) is 43.0 Å². The molecular formula is C18H22ClN5O2. The van der Waals surface area contributed by atoms with Gasteiger partial charge in [-0.3, -0.25) is 9.69 Å². The van der Waals surface area contributed by atoms with Gasteiger partial charge in [0.25, 0.3) is 5.91 Å². The van der Waals surface area contributed by atoms with E-state index in [0.717, 1.165) is 45.0 Å². The van der Waals surface area contributed by atoms with Crippen LogP contribution in [0, 0.1) is 6.92 Å². The molecular weight excluding hydrogens is 354 g/mol. The molecule has 2 aromatic rings. The normalized spacial score (nSPS) is 14.8. The molecule has 2 heterocycles. The molecule has 1 aromatic carbocycles. The molecule has 26 heavy (non-hydrogen) atoms. The Morgan fingerprint density at radius 1 is 1.27 bits per heavy atom. The topological polar surface area (TPSA) is 79.4 Å². The minimum absolute atomic E-state index is 0.297. The van der Waals surface area contributed by atoms with Crippen molar-refractivity contribution in [3.8, 4) is 0 Å². The van der Waals surface area contributed by atoms with Gasteiger partial charge in [-0.15, -0.1) is 0 Å². The Balaban J connectivity index is 1.57. The molecule has 0 atom stereocenters. The predicted octanol–water partition coefficient (Wildman–Crippen LogP) is 2.43. The van der Waals surface area contributed by atoms with E-state index in [1.54, 1.807) is 18.2 Å². The largest absolute Gasteiger partial charge is 0.379 e. The van der Waals surface area contributed by atoms with Crippen LogP contribution < -0.4 is 10.6 Å². The first kappa shape index (κ1) is 18.6. The summed E-state index contributed by atoms with van der Waals surface area (Å²) in [5, 5.41) is 6.64. The zero-order valence-corrected chi connectivity index (χ0v) is 15.4. The zero-order valence-electron chi connectivity index (χ0n) is 14.7. The second-order valence-corrected chi connectivity index (χ2v) is 6.52. The number of anilines is 2. The Morgan fingerprint density at radius 3 is 2.88 bits per heavy atom. The molecule has 0 unspecified atom stereocenters. The van der Waals surface area contributed by atoms with Crippen LogP contribution in [0.5, 0.6) is 0 Å². The van der Waals surface area contributed by atoms with Crippen LogP contribution in [0.2, 0.25) is 5.02 Å². The average molecular weight is 376 g/mol. The van der Waals surface area contributed by atoms with Gasteiger partial charge in [0.15, 0.2) is 0 Å². The standard InChI is InChI=1S/C18H22ClN5O2/c1-13-2-3-14(19)10-15(13)23-18(25)16-11-17(22-12-21-16)20-4-5-24-6-8-26-9-7-24/h2-3,10-12H,4-9H2,1H3,(H,23,25)(H,20,21,22). The number of aromatic nitrogens is 2. The van der Waals surface area contributed by atoms with E-state index in [1.165, 1.54) is 6.33 Å². The molecule has 0 aliphatic carbocycles. The fraction of sp³-hybridized carbons (Fsp3) is 0.389. The second kappa shape index (κ2) is 8.93. The van der Waals surface area contributed by atoms with Gasteiger partial charge in [-0.1, -0.05) is 17.7 Å². The number of benzene rings is 1. The van der Waals surface area contributed by atoms with Crippen molar-refractivity contribution in [2.45, 2.75) is 6.92 Å². The van der Waals surface area contributed by atoms with Crippen molar-refractivity contribution in [2.75, 3.05) is 50.0 Å². The van der Waals surface area contributed by atoms with Crippen molar-refractivity contribution in [3.63, 3.8) is 0 Å². The molecule has 1 aliphatic heterocycles. The minimum atomic E-state index is -0.297. The number of hydrogen-bond acceptors (Lipinski definition) is 6. The highest BCUT2D eigenvalue weighted by molar-refractivity contribution is 6.31. The van der Waals surface area contributed by atoms with E-state index >= 15 is 0 Å². The number of rotatable bonds is 6. The smallest absolute Gasteiger partial charge is 0.274 e. The fourth-order valence-corrected chi connectivity index (χ4v) is 2.83. The van der Waals surface area contributed by atoms with Gasteiger partial charge < -0.3 is 15.4 Å². The summed E-state index contributed by atoms with van der Waals surface area (Å²) in [6.45, 7) is 6.99. The van der Waals surface area contributed by atoms with Crippen molar-refractivity contribution in [3.05, 3.63) is 46.9 Å². The van der Waals surface area contributed by atoms with E-state index in [9.17, 15) is 4.79 Å². The Hall–Kier alpha value is -2.22. The van der Waals surface area contributed by atoms with Gasteiger partial charge in [0.1, 0.15) is 17.8 Å². The summed E-state index contributed by atoms with van der Waals surface area (Å²) in [6, 6.07) is 7.01. The third-order valence-corrected chi connectivity index (χ3v) is 4.42. The maximum absolute atomic E-state index is 12.5. The molecule has 138 valence electrons. The minimum Gasteiger partial charge on any atom is -0.379 e. The van der Waals surface area contributed by atoms with E-state index in [1.807, 2.05) is 13.0 Å². The lowest BCUT2D eigenvalue weighted by Crippen LogP contribution is -2.39. The van der Waals surface area contributed by atoms with Crippen molar-refractivity contribution >= 4 is 29.0 Å². The monoisotopic (exact) mass is 375 g/mol. The molecule has 3 rings (SSSR count). The van der Waals surface area contributed by atoms with Crippen molar-refractivity contribution in [1.29, 1.82) is 0 Å². The summed E-state index contributed by atoms with van der Waals surface area (Å²) in [7, 11) is 0. The second-order valence-electron chi connectivity index (χ2n) is 6.08. The number of nitrogens with zero attached hydrogens (tertiary/aromatic N) is 3. The lowest BCUT2D eigenvalue weighted by Gasteiger charge is -2.26. The Morgan fingerprint density at radius 2 is 2.08 bits per heavy atom. The van der Waals surface area contributed by atoms with Crippen LogP contribution in [-0.2, 0) is 4.74 Å². The molecule has 1 aliphatic rings. The van der Waals surface area contributed by atoms with E-state index < -0.39 is 0 Å². The molecule has 0 bridgehead atoms. The molecule has 8 heteroatoms. The van der Waals surface area contributed by atoms with Crippen LogP contribution in [0.4, 0.5) is 11.5 Å².